The summed E-state index contributed by atoms with van der Waals surface area (Å²) in [6, 6.07) is 7.81. The highest BCUT2D eigenvalue weighted by Crippen LogP contribution is 2.20. The second kappa shape index (κ2) is 5.27. The molecule has 2 aromatic rings. The van der Waals surface area contributed by atoms with Gasteiger partial charge in [0.25, 0.3) is 0 Å². The predicted molar refractivity (Wildman–Crippen MR) is 59.6 cm³/mol. The van der Waals surface area contributed by atoms with Gasteiger partial charge in [-0.3, -0.25) is 0 Å². The van der Waals surface area contributed by atoms with Gasteiger partial charge in [-0.15, -0.1) is 0 Å². The predicted octanol–water partition coefficient (Wildman–Crippen LogP) is -0.492. The van der Waals surface area contributed by atoms with E-state index in [0.717, 1.165) is 15.2 Å². The van der Waals surface area contributed by atoms with Gasteiger partial charge in [0.2, 0.25) is 0 Å². The number of hydrogen-bond acceptors (Lipinski definition) is 2. The van der Waals surface area contributed by atoms with Gasteiger partial charge in [0.15, 0.2) is 12.4 Å². The molecule has 2 rings (SSSR count). The summed E-state index contributed by atoms with van der Waals surface area (Å²) in [5, 5.41) is 2.05. The third kappa shape index (κ3) is 2.33. The molecule has 0 aliphatic rings. The molecule has 5 heteroatoms. The molecule has 0 atom stereocenters. The van der Waals surface area contributed by atoms with Crippen LogP contribution >= 0.6 is 15.9 Å². The quantitative estimate of drug-likeness (QED) is 0.615. The van der Waals surface area contributed by atoms with E-state index in [1.807, 2.05) is 24.3 Å². The SMILES string of the molecule is COC(=O)[n+]1cc(Br)c2ccccc2c1.[Cl-]. The zero-order valence-corrected chi connectivity index (χ0v) is 10.8. The number of methoxy groups -OCH3 is 1. The summed E-state index contributed by atoms with van der Waals surface area (Å²) < 4.78 is 6.92. The molecule has 0 fully saturated rings. The smallest absolute Gasteiger partial charge is 0.601 e. The molecule has 0 saturated carbocycles. The van der Waals surface area contributed by atoms with E-state index in [9.17, 15) is 4.79 Å². The summed E-state index contributed by atoms with van der Waals surface area (Å²) >= 11 is 3.42. The summed E-state index contributed by atoms with van der Waals surface area (Å²) in [6.45, 7) is 0. The van der Waals surface area contributed by atoms with Crippen LogP contribution in [0, 0.1) is 0 Å². The summed E-state index contributed by atoms with van der Waals surface area (Å²) in [5.41, 5.74) is 0. The first-order chi connectivity index (χ1) is 7.22. The average molecular weight is 303 g/mol. The Balaban J connectivity index is 0.00000128. The first kappa shape index (κ1) is 12.9. The first-order valence-corrected chi connectivity index (χ1v) is 5.19. The number of nitrogens with zero attached hydrogens (tertiary/aromatic N) is 1. The lowest BCUT2D eigenvalue weighted by molar-refractivity contribution is -0.584. The van der Waals surface area contributed by atoms with Crippen molar-refractivity contribution in [2.45, 2.75) is 0 Å². The van der Waals surface area contributed by atoms with E-state index < -0.39 is 6.09 Å². The Bertz CT molecular complexity index is 530. The minimum Gasteiger partial charge on any atom is -1.00 e. The highest BCUT2D eigenvalue weighted by Gasteiger charge is 2.16. The van der Waals surface area contributed by atoms with Crippen LogP contribution in [0.2, 0.25) is 0 Å². The van der Waals surface area contributed by atoms with E-state index in [-0.39, 0.29) is 12.4 Å². The van der Waals surface area contributed by atoms with Crippen molar-refractivity contribution in [3.63, 3.8) is 0 Å². The highest BCUT2D eigenvalue weighted by molar-refractivity contribution is 9.10. The van der Waals surface area contributed by atoms with E-state index in [0.29, 0.717) is 0 Å². The van der Waals surface area contributed by atoms with Crippen LogP contribution in [0.25, 0.3) is 10.8 Å². The molecule has 3 nitrogen and oxygen atoms in total. The molecule has 0 radical (unpaired) electrons. The largest absolute Gasteiger partial charge is 1.00 e. The number of carbonyl (C=O) groups is 1. The van der Waals surface area contributed by atoms with Crippen molar-refractivity contribution in [3.8, 4) is 0 Å². The van der Waals surface area contributed by atoms with Gasteiger partial charge in [-0.2, -0.15) is 4.79 Å². The summed E-state index contributed by atoms with van der Waals surface area (Å²) in [4.78, 5) is 11.3. The van der Waals surface area contributed by atoms with Crippen LogP contribution in [-0.4, -0.2) is 13.2 Å². The lowest BCUT2D eigenvalue weighted by Crippen LogP contribution is -3.00. The highest BCUT2D eigenvalue weighted by atomic mass is 79.9. The van der Waals surface area contributed by atoms with Crippen LogP contribution in [0.3, 0.4) is 0 Å². The third-order valence-corrected chi connectivity index (χ3v) is 2.77. The van der Waals surface area contributed by atoms with Crippen molar-refractivity contribution in [2.24, 2.45) is 0 Å². The van der Waals surface area contributed by atoms with Crippen molar-refractivity contribution in [1.82, 2.24) is 0 Å². The fraction of sp³-hybridized carbons (Fsp3) is 0.0909. The van der Waals surface area contributed by atoms with E-state index in [1.54, 1.807) is 12.4 Å². The van der Waals surface area contributed by atoms with Gasteiger partial charge in [-0.25, -0.2) is 0 Å². The molecule has 1 aromatic heterocycles. The number of benzene rings is 1. The van der Waals surface area contributed by atoms with Gasteiger partial charge >= 0.3 is 6.09 Å². The molecule has 0 aliphatic heterocycles. The fourth-order valence-electron chi connectivity index (χ4n) is 1.42. The molecule has 0 amide bonds. The molecule has 0 spiro atoms. The van der Waals surface area contributed by atoms with Crippen LogP contribution in [-0.2, 0) is 4.74 Å². The van der Waals surface area contributed by atoms with Crippen molar-refractivity contribution in [2.75, 3.05) is 7.11 Å². The van der Waals surface area contributed by atoms with Gasteiger partial charge in [0, 0.05) is 10.8 Å². The topological polar surface area (TPSA) is 30.2 Å². The summed E-state index contributed by atoms with van der Waals surface area (Å²) in [5.74, 6) is 0. The second-order valence-electron chi connectivity index (χ2n) is 3.07. The first-order valence-electron chi connectivity index (χ1n) is 4.40. The standard InChI is InChI=1S/C11H9BrNO2.ClH/c1-15-11(14)13-6-8-4-2-3-5-9(8)10(12)7-13;/h2-7H,1H3;1H/q+1;/p-1. The number of carbonyl (C=O) groups excluding carboxylic acids is 1. The Kier molecular flexibility index (Phi) is 4.26. The van der Waals surface area contributed by atoms with E-state index in [2.05, 4.69) is 20.7 Å². The Morgan fingerprint density at radius 3 is 2.69 bits per heavy atom. The Hall–Kier alpha value is -1.13. The number of aromatic nitrogens is 1. The molecule has 1 heterocycles. The molecule has 84 valence electrons. The van der Waals surface area contributed by atoms with Gasteiger partial charge in [-0.1, -0.05) is 22.8 Å². The maximum atomic E-state index is 11.3. The lowest BCUT2D eigenvalue weighted by atomic mass is 10.2. The zero-order valence-electron chi connectivity index (χ0n) is 8.48. The van der Waals surface area contributed by atoms with Gasteiger partial charge in [-0.05, 0) is 22.0 Å². The van der Waals surface area contributed by atoms with Crippen LogP contribution in [0.5, 0.6) is 0 Å². The second-order valence-corrected chi connectivity index (χ2v) is 3.93. The Morgan fingerprint density at radius 1 is 1.31 bits per heavy atom. The van der Waals surface area contributed by atoms with Crippen LogP contribution in [0.15, 0.2) is 41.1 Å². The minimum absolute atomic E-state index is 0. The van der Waals surface area contributed by atoms with Gasteiger partial charge in [0.05, 0.1) is 11.6 Å². The fourth-order valence-corrected chi connectivity index (χ4v) is 2.00. The van der Waals surface area contributed by atoms with E-state index in [1.165, 1.54) is 11.7 Å². The molecule has 0 bridgehead atoms. The van der Waals surface area contributed by atoms with Crippen molar-refractivity contribution in [3.05, 3.63) is 41.1 Å². The van der Waals surface area contributed by atoms with Crippen LogP contribution in [0.4, 0.5) is 4.79 Å². The molecule has 0 saturated heterocycles. The average Bonchev–Trinajstić information content (AvgIpc) is 2.28. The minimum atomic E-state index is -0.401. The monoisotopic (exact) mass is 301 g/mol. The maximum Gasteiger partial charge on any atom is 0.601 e. The number of ether oxygens (including phenoxy) is 1. The van der Waals surface area contributed by atoms with Crippen molar-refractivity contribution in [1.29, 1.82) is 0 Å². The van der Waals surface area contributed by atoms with Gasteiger partial charge in [0.1, 0.15) is 0 Å². The zero-order chi connectivity index (χ0) is 10.8. The normalized spacial score (nSPS) is 9.62. The van der Waals surface area contributed by atoms with Crippen molar-refractivity contribution >= 4 is 32.8 Å². The molecule has 0 unspecified atom stereocenters. The Labute approximate surface area is 108 Å². The molecule has 0 aliphatic carbocycles. The molecule has 1 aromatic carbocycles. The van der Waals surface area contributed by atoms with Crippen molar-refractivity contribution < 1.29 is 26.5 Å². The summed E-state index contributed by atoms with van der Waals surface area (Å²) in [6.07, 6.45) is 3.03. The molecular formula is C11H9BrClNO2. The number of fused-ring (bicyclic) bond motifs is 1. The number of hydrogen-bond donors (Lipinski definition) is 0. The van der Waals surface area contributed by atoms with E-state index in [4.69, 9.17) is 0 Å². The molecule has 16 heavy (non-hydrogen) atoms. The van der Waals surface area contributed by atoms with Crippen LogP contribution in [0.1, 0.15) is 0 Å². The number of rotatable bonds is 0. The van der Waals surface area contributed by atoms with Gasteiger partial charge < -0.3 is 17.1 Å². The third-order valence-electron chi connectivity index (χ3n) is 2.13. The molecular weight excluding hydrogens is 293 g/mol. The number of pyridine rings is 1. The summed E-state index contributed by atoms with van der Waals surface area (Å²) in [7, 11) is 1.36. The maximum absolute atomic E-state index is 11.3. The number of halogens is 2. The Morgan fingerprint density at radius 2 is 2.00 bits per heavy atom. The van der Waals surface area contributed by atoms with E-state index >= 15 is 0 Å². The molecule has 0 N–H and O–H groups in total. The lowest BCUT2D eigenvalue weighted by Gasteiger charge is -1.98. The van der Waals surface area contributed by atoms with Crippen LogP contribution < -0.4 is 17.0 Å².